The van der Waals surface area contributed by atoms with Gasteiger partial charge in [0.05, 0.1) is 12.0 Å². The number of rotatable bonds is 3. The quantitative estimate of drug-likeness (QED) is 0.919. The normalized spacial score (nSPS) is 11.8. The molecule has 1 rings (SSSR count). The molecule has 0 aliphatic rings. The number of nitrogens with one attached hydrogen (secondary N) is 1. The molecule has 1 N–H and O–H groups in total. The number of hydrogen-bond donors (Lipinski definition) is 1. The van der Waals surface area contributed by atoms with Crippen LogP contribution in [-0.4, -0.2) is 12.5 Å². The lowest BCUT2D eigenvalue weighted by atomic mass is 10.2. The van der Waals surface area contributed by atoms with Crippen LogP contribution in [0, 0.1) is 17.2 Å². The Morgan fingerprint density at radius 1 is 1.86 bits per heavy atom. The zero-order valence-corrected chi connectivity index (χ0v) is 9.98. The first-order valence-corrected chi connectivity index (χ1v) is 5.73. The van der Waals surface area contributed by atoms with Crippen LogP contribution in [0.3, 0.4) is 0 Å². The van der Waals surface area contributed by atoms with Crippen molar-refractivity contribution in [3.63, 3.8) is 0 Å². The third-order valence-corrected chi connectivity index (χ3v) is 3.45. The molecule has 14 heavy (non-hydrogen) atoms. The topological polar surface area (TPSA) is 52.9 Å². The maximum Gasteiger partial charge on any atom is 0.262 e. The van der Waals surface area contributed by atoms with Crippen molar-refractivity contribution in [2.24, 2.45) is 5.92 Å². The van der Waals surface area contributed by atoms with Crippen LogP contribution in [0.1, 0.15) is 16.6 Å². The minimum absolute atomic E-state index is 0.131. The Morgan fingerprint density at radius 3 is 3.07 bits per heavy atom. The van der Waals surface area contributed by atoms with Crippen molar-refractivity contribution in [3.8, 4) is 6.07 Å². The largest absolute Gasteiger partial charge is 0.350 e. The van der Waals surface area contributed by atoms with Gasteiger partial charge in [0, 0.05) is 11.0 Å². The molecule has 0 aromatic carbocycles. The van der Waals surface area contributed by atoms with Gasteiger partial charge in [-0.25, -0.2) is 0 Å². The van der Waals surface area contributed by atoms with Crippen molar-refractivity contribution in [3.05, 3.63) is 20.8 Å². The van der Waals surface area contributed by atoms with Crippen molar-refractivity contribution < 1.29 is 4.79 Å². The van der Waals surface area contributed by atoms with Crippen LogP contribution in [-0.2, 0) is 0 Å². The molecule has 0 aliphatic heterocycles. The maximum absolute atomic E-state index is 11.5. The van der Waals surface area contributed by atoms with Crippen molar-refractivity contribution in [1.29, 1.82) is 5.26 Å². The molecule has 1 atom stereocenters. The van der Waals surface area contributed by atoms with E-state index in [1.54, 1.807) is 6.92 Å². The molecular weight excluding hydrogens is 264 g/mol. The Balaban J connectivity index is 2.53. The van der Waals surface area contributed by atoms with Crippen molar-refractivity contribution >= 4 is 33.2 Å². The monoisotopic (exact) mass is 272 g/mol. The zero-order valence-electron chi connectivity index (χ0n) is 7.58. The number of carbonyl (C=O) groups excluding carboxylic acids is 1. The molecule has 0 saturated carbocycles. The number of thiophene rings is 1. The lowest BCUT2D eigenvalue weighted by Crippen LogP contribution is -2.27. The number of nitrogens with zero attached hydrogens (tertiary/aromatic N) is 1. The second kappa shape index (κ2) is 5.13. The number of hydrogen-bond acceptors (Lipinski definition) is 3. The zero-order chi connectivity index (χ0) is 10.6. The van der Waals surface area contributed by atoms with E-state index >= 15 is 0 Å². The van der Waals surface area contributed by atoms with E-state index in [2.05, 4.69) is 27.3 Å². The van der Waals surface area contributed by atoms with Gasteiger partial charge >= 0.3 is 0 Å². The minimum Gasteiger partial charge on any atom is -0.350 e. The highest BCUT2D eigenvalue weighted by Crippen LogP contribution is 2.22. The SMILES string of the molecule is CC(C#N)CNC(=O)c1sccc1Br. The van der Waals surface area contributed by atoms with E-state index < -0.39 is 0 Å². The lowest BCUT2D eigenvalue weighted by molar-refractivity contribution is 0.0954. The Hall–Kier alpha value is -0.860. The van der Waals surface area contributed by atoms with Gasteiger partial charge in [-0.15, -0.1) is 11.3 Å². The van der Waals surface area contributed by atoms with E-state index in [-0.39, 0.29) is 11.8 Å². The first kappa shape index (κ1) is 11.2. The van der Waals surface area contributed by atoms with Crippen LogP contribution in [0.25, 0.3) is 0 Å². The fourth-order valence-electron chi connectivity index (χ4n) is 0.827. The highest BCUT2D eigenvalue weighted by atomic mass is 79.9. The standard InChI is InChI=1S/C9H9BrN2OS/c1-6(4-11)5-12-9(13)8-7(10)2-3-14-8/h2-3,6H,5H2,1H3,(H,12,13). The number of amides is 1. The summed E-state index contributed by atoms with van der Waals surface area (Å²) in [4.78, 5) is 12.2. The fourth-order valence-corrected chi connectivity index (χ4v) is 2.30. The van der Waals surface area contributed by atoms with Gasteiger partial charge in [0.1, 0.15) is 4.88 Å². The maximum atomic E-state index is 11.5. The smallest absolute Gasteiger partial charge is 0.262 e. The number of carbonyl (C=O) groups is 1. The molecule has 5 heteroatoms. The van der Waals surface area contributed by atoms with E-state index in [9.17, 15) is 4.79 Å². The summed E-state index contributed by atoms with van der Waals surface area (Å²) in [5.74, 6) is -0.285. The van der Waals surface area contributed by atoms with Crippen LogP contribution < -0.4 is 5.32 Å². The average molecular weight is 273 g/mol. The molecule has 74 valence electrons. The third kappa shape index (κ3) is 2.82. The molecule has 0 radical (unpaired) electrons. The van der Waals surface area contributed by atoms with Crippen molar-refractivity contribution in [2.75, 3.05) is 6.54 Å². The Bertz CT molecular complexity index is 369. The first-order valence-electron chi connectivity index (χ1n) is 4.06. The highest BCUT2D eigenvalue weighted by Gasteiger charge is 2.11. The predicted molar refractivity (Wildman–Crippen MR) is 59.1 cm³/mol. The van der Waals surface area contributed by atoms with E-state index in [4.69, 9.17) is 5.26 Å². The van der Waals surface area contributed by atoms with Gasteiger partial charge in [-0.1, -0.05) is 0 Å². The highest BCUT2D eigenvalue weighted by molar-refractivity contribution is 9.10. The molecule has 0 bridgehead atoms. The summed E-state index contributed by atoms with van der Waals surface area (Å²) in [6.07, 6.45) is 0. The van der Waals surface area contributed by atoms with E-state index in [1.165, 1.54) is 11.3 Å². The van der Waals surface area contributed by atoms with Gasteiger partial charge in [0.25, 0.3) is 5.91 Å². The van der Waals surface area contributed by atoms with Crippen LogP contribution in [0.15, 0.2) is 15.9 Å². The molecule has 1 aromatic rings. The van der Waals surface area contributed by atoms with Gasteiger partial charge in [-0.2, -0.15) is 5.26 Å². The fraction of sp³-hybridized carbons (Fsp3) is 0.333. The van der Waals surface area contributed by atoms with Crippen LogP contribution in [0.2, 0.25) is 0 Å². The Kier molecular flexibility index (Phi) is 4.11. The molecule has 0 spiro atoms. The second-order valence-corrected chi connectivity index (χ2v) is 4.61. The summed E-state index contributed by atoms with van der Waals surface area (Å²) in [6.45, 7) is 2.16. The van der Waals surface area contributed by atoms with E-state index in [1.807, 2.05) is 11.4 Å². The van der Waals surface area contributed by atoms with Crippen LogP contribution in [0.5, 0.6) is 0 Å². The summed E-state index contributed by atoms with van der Waals surface area (Å²) in [5, 5.41) is 13.1. The average Bonchev–Trinajstić information content (AvgIpc) is 2.60. The molecule has 3 nitrogen and oxygen atoms in total. The van der Waals surface area contributed by atoms with Gasteiger partial charge in [-0.3, -0.25) is 4.79 Å². The molecule has 0 saturated heterocycles. The summed E-state index contributed by atoms with van der Waals surface area (Å²) >= 11 is 4.65. The molecule has 1 aromatic heterocycles. The lowest BCUT2D eigenvalue weighted by Gasteiger charge is -2.04. The van der Waals surface area contributed by atoms with Crippen molar-refractivity contribution in [2.45, 2.75) is 6.92 Å². The van der Waals surface area contributed by atoms with Gasteiger partial charge < -0.3 is 5.32 Å². The van der Waals surface area contributed by atoms with E-state index in [0.717, 1.165) is 4.47 Å². The number of halogens is 1. The Labute approximate surface area is 94.9 Å². The number of nitriles is 1. The Morgan fingerprint density at radius 2 is 2.57 bits per heavy atom. The second-order valence-electron chi connectivity index (χ2n) is 2.84. The third-order valence-electron chi connectivity index (χ3n) is 1.61. The summed E-state index contributed by atoms with van der Waals surface area (Å²) in [6, 6.07) is 3.88. The van der Waals surface area contributed by atoms with E-state index in [0.29, 0.717) is 11.4 Å². The summed E-state index contributed by atoms with van der Waals surface area (Å²) in [5.41, 5.74) is 0. The van der Waals surface area contributed by atoms with Gasteiger partial charge in [-0.05, 0) is 34.3 Å². The molecular formula is C9H9BrN2OS. The van der Waals surface area contributed by atoms with Crippen molar-refractivity contribution in [1.82, 2.24) is 5.32 Å². The van der Waals surface area contributed by atoms with Gasteiger partial charge in [0.2, 0.25) is 0 Å². The minimum atomic E-state index is -0.155. The molecule has 1 amide bonds. The predicted octanol–water partition coefficient (Wildman–Crippen LogP) is 2.40. The molecule has 0 aliphatic carbocycles. The molecule has 1 heterocycles. The van der Waals surface area contributed by atoms with Crippen LogP contribution >= 0.6 is 27.3 Å². The summed E-state index contributed by atoms with van der Waals surface area (Å²) in [7, 11) is 0. The first-order chi connectivity index (χ1) is 6.65. The molecule has 1 unspecified atom stereocenters. The molecule has 0 fully saturated rings. The van der Waals surface area contributed by atoms with Crippen LogP contribution in [0.4, 0.5) is 0 Å². The van der Waals surface area contributed by atoms with Gasteiger partial charge in [0.15, 0.2) is 0 Å². The summed E-state index contributed by atoms with van der Waals surface area (Å²) < 4.78 is 0.796.